The lowest BCUT2D eigenvalue weighted by molar-refractivity contribution is -0.124. The molecule has 1 unspecified atom stereocenters. The van der Waals surface area contributed by atoms with Crippen molar-refractivity contribution in [3.63, 3.8) is 0 Å². The summed E-state index contributed by atoms with van der Waals surface area (Å²) in [5.74, 6) is -0.833. The van der Waals surface area contributed by atoms with Crippen molar-refractivity contribution in [1.29, 1.82) is 0 Å². The minimum atomic E-state index is -3.60. The maximum absolute atomic E-state index is 11.8. The van der Waals surface area contributed by atoms with Crippen molar-refractivity contribution in [3.05, 3.63) is 0 Å². The highest BCUT2D eigenvalue weighted by atomic mass is 32.2. The number of primary sulfonamides is 1. The van der Waals surface area contributed by atoms with Crippen LogP contribution in [0.2, 0.25) is 0 Å². The molecule has 0 aromatic carbocycles. The molecule has 2 N–H and O–H groups in total. The number of nitrogens with zero attached hydrogens (tertiary/aromatic N) is 3. The summed E-state index contributed by atoms with van der Waals surface area (Å²) in [5.41, 5.74) is 0. The third-order valence-electron chi connectivity index (χ3n) is 2.85. The van der Waals surface area contributed by atoms with E-state index in [1.54, 1.807) is 11.9 Å². The number of nitrogens with two attached hydrogens (primary N) is 1. The van der Waals surface area contributed by atoms with Gasteiger partial charge in [-0.15, -0.1) is 0 Å². The average molecular weight is 274 g/mol. The van der Waals surface area contributed by atoms with E-state index in [1.807, 2.05) is 0 Å². The van der Waals surface area contributed by atoms with Gasteiger partial charge in [0.1, 0.15) is 6.54 Å². The summed E-state index contributed by atoms with van der Waals surface area (Å²) in [6.45, 7) is 0.366. The van der Waals surface area contributed by atoms with Crippen LogP contribution < -0.4 is 5.14 Å². The van der Waals surface area contributed by atoms with Gasteiger partial charge < -0.3 is 4.90 Å². The van der Waals surface area contributed by atoms with E-state index >= 15 is 0 Å². The minimum Gasteiger partial charge on any atom is -0.336 e. The Bertz CT molecular complexity index is 527. The predicted octanol–water partition coefficient (Wildman–Crippen LogP) is -2.05. The van der Waals surface area contributed by atoms with E-state index in [2.05, 4.69) is 4.99 Å². The van der Waals surface area contributed by atoms with Gasteiger partial charge in [-0.25, -0.2) is 13.6 Å². The van der Waals surface area contributed by atoms with E-state index in [-0.39, 0.29) is 43.0 Å². The molecule has 0 aliphatic carbocycles. The van der Waals surface area contributed by atoms with Crippen molar-refractivity contribution in [2.24, 2.45) is 16.0 Å². The third-order valence-corrected chi connectivity index (χ3v) is 3.79. The van der Waals surface area contributed by atoms with E-state index in [4.69, 9.17) is 5.14 Å². The Hall–Kier alpha value is -1.48. The molecular weight excluding hydrogens is 260 g/mol. The first-order chi connectivity index (χ1) is 8.26. The Morgan fingerprint density at radius 2 is 2.11 bits per heavy atom. The van der Waals surface area contributed by atoms with Crippen LogP contribution in [0.25, 0.3) is 0 Å². The number of hydrogen-bond donors (Lipinski definition) is 1. The molecule has 2 aliphatic heterocycles. The van der Waals surface area contributed by atoms with Crippen molar-refractivity contribution in [3.8, 4) is 0 Å². The van der Waals surface area contributed by atoms with Crippen LogP contribution in [0.4, 0.5) is 0 Å². The molecule has 18 heavy (non-hydrogen) atoms. The van der Waals surface area contributed by atoms with Gasteiger partial charge in [-0.1, -0.05) is 0 Å². The molecule has 0 aromatic heterocycles. The minimum absolute atomic E-state index is 0.109. The molecule has 1 fully saturated rings. The highest BCUT2D eigenvalue weighted by Crippen LogP contribution is 2.21. The largest absolute Gasteiger partial charge is 0.336 e. The number of amides is 2. The van der Waals surface area contributed by atoms with Crippen molar-refractivity contribution in [2.45, 2.75) is 6.42 Å². The molecular formula is C9H14N4O4S. The lowest BCUT2D eigenvalue weighted by Crippen LogP contribution is -2.41. The van der Waals surface area contributed by atoms with Crippen LogP contribution in [-0.2, 0) is 19.6 Å². The van der Waals surface area contributed by atoms with Crippen LogP contribution in [0.5, 0.6) is 0 Å². The van der Waals surface area contributed by atoms with Gasteiger partial charge in [0.05, 0.1) is 5.75 Å². The molecule has 2 aliphatic rings. The van der Waals surface area contributed by atoms with Crippen LogP contribution in [0.3, 0.4) is 0 Å². The van der Waals surface area contributed by atoms with Gasteiger partial charge in [0.15, 0.2) is 0 Å². The Kier molecular flexibility index (Phi) is 3.11. The van der Waals surface area contributed by atoms with Gasteiger partial charge in [-0.05, 0) is 0 Å². The monoisotopic (exact) mass is 274 g/mol. The van der Waals surface area contributed by atoms with E-state index in [0.29, 0.717) is 5.96 Å². The molecule has 2 heterocycles. The van der Waals surface area contributed by atoms with E-state index in [9.17, 15) is 18.0 Å². The second-order valence-electron chi connectivity index (χ2n) is 4.57. The number of guanidine groups is 1. The summed E-state index contributed by atoms with van der Waals surface area (Å²) in [6.07, 6.45) is 0.109. The van der Waals surface area contributed by atoms with E-state index < -0.39 is 10.0 Å². The second-order valence-corrected chi connectivity index (χ2v) is 6.22. The van der Waals surface area contributed by atoms with Crippen molar-refractivity contribution >= 4 is 27.8 Å². The van der Waals surface area contributed by atoms with Crippen LogP contribution in [0, 0.1) is 5.92 Å². The van der Waals surface area contributed by atoms with Gasteiger partial charge in [-0.2, -0.15) is 4.99 Å². The molecule has 0 saturated carbocycles. The number of carbonyl (C=O) groups excluding carboxylic acids is 2. The molecule has 1 saturated heterocycles. The summed E-state index contributed by atoms with van der Waals surface area (Å²) >= 11 is 0. The fraction of sp³-hybridized carbons (Fsp3) is 0.667. The van der Waals surface area contributed by atoms with E-state index in [0.717, 1.165) is 0 Å². The molecule has 2 rings (SSSR count). The molecule has 9 heteroatoms. The highest BCUT2D eigenvalue weighted by Gasteiger charge is 2.37. The molecule has 100 valence electrons. The first-order valence-corrected chi connectivity index (χ1v) is 7.11. The lowest BCUT2D eigenvalue weighted by Gasteiger charge is -2.21. The standard InChI is InChI=1S/C9H14N4O4S/c1-12-4-7(14)11-9(12)13-3-6(2-8(13)15)5-18(10,16)17/h6H,2-5H2,1H3,(H2,10,16,17). The molecule has 0 spiro atoms. The van der Waals surface area contributed by atoms with Crippen molar-refractivity contribution in [2.75, 3.05) is 25.9 Å². The second kappa shape index (κ2) is 4.32. The van der Waals surface area contributed by atoms with Gasteiger partial charge >= 0.3 is 0 Å². The van der Waals surface area contributed by atoms with Crippen LogP contribution in [-0.4, -0.2) is 61.9 Å². The Morgan fingerprint density at radius 1 is 1.44 bits per heavy atom. The first-order valence-electron chi connectivity index (χ1n) is 5.40. The number of sulfonamides is 1. The molecule has 0 bridgehead atoms. The normalized spacial score (nSPS) is 25.0. The topological polar surface area (TPSA) is 113 Å². The number of hydrogen-bond acceptors (Lipinski definition) is 5. The van der Waals surface area contributed by atoms with E-state index in [1.165, 1.54) is 4.90 Å². The maximum Gasteiger partial charge on any atom is 0.268 e. The molecule has 0 radical (unpaired) electrons. The van der Waals surface area contributed by atoms with Crippen molar-refractivity contribution in [1.82, 2.24) is 9.80 Å². The zero-order valence-electron chi connectivity index (χ0n) is 9.87. The number of carbonyl (C=O) groups is 2. The molecule has 2 amide bonds. The zero-order chi connectivity index (χ0) is 13.5. The van der Waals surface area contributed by atoms with Gasteiger partial charge in [-0.3, -0.25) is 14.5 Å². The fourth-order valence-electron chi connectivity index (χ4n) is 2.19. The smallest absolute Gasteiger partial charge is 0.268 e. The summed E-state index contributed by atoms with van der Waals surface area (Å²) in [5, 5.41) is 4.96. The molecule has 1 atom stereocenters. The summed E-state index contributed by atoms with van der Waals surface area (Å²) in [7, 11) is -1.94. The predicted molar refractivity (Wildman–Crippen MR) is 62.9 cm³/mol. The zero-order valence-corrected chi connectivity index (χ0v) is 10.7. The van der Waals surface area contributed by atoms with Crippen molar-refractivity contribution < 1.29 is 18.0 Å². The average Bonchev–Trinajstić information content (AvgIpc) is 2.67. The SMILES string of the molecule is CN1CC(=O)N=C1N1CC(CS(N)(=O)=O)CC1=O. The van der Waals surface area contributed by atoms with Crippen LogP contribution >= 0.6 is 0 Å². The lowest BCUT2D eigenvalue weighted by atomic mass is 10.1. The Balaban J connectivity index is 2.11. The maximum atomic E-state index is 11.8. The Labute approximate surface area is 104 Å². The number of aliphatic imine (C=N–C) groups is 1. The highest BCUT2D eigenvalue weighted by molar-refractivity contribution is 7.89. The van der Waals surface area contributed by atoms with Gasteiger partial charge in [0.2, 0.25) is 21.9 Å². The number of rotatable bonds is 2. The number of likely N-dealkylation sites (N-methyl/N-ethyl adjacent to an activating group) is 1. The van der Waals surface area contributed by atoms with Gasteiger partial charge in [0.25, 0.3) is 5.91 Å². The fourth-order valence-corrected chi connectivity index (χ4v) is 3.07. The van der Waals surface area contributed by atoms with Crippen LogP contribution in [0.1, 0.15) is 6.42 Å². The summed E-state index contributed by atoms with van der Waals surface area (Å²) < 4.78 is 22.0. The molecule has 8 nitrogen and oxygen atoms in total. The third kappa shape index (κ3) is 2.67. The number of likely N-dealkylation sites (tertiary alicyclic amines) is 1. The Morgan fingerprint density at radius 3 is 2.61 bits per heavy atom. The van der Waals surface area contributed by atoms with Crippen LogP contribution in [0.15, 0.2) is 4.99 Å². The quantitative estimate of drug-likeness (QED) is 0.622. The summed E-state index contributed by atoms with van der Waals surface area (Å²) in [4.78, 5) is 29.6. The van der Waals surface area contributed by atoms with Gasteiger partial charge in [0, 0.05) is 25.9 Å². The summed E-state index contributed by atoms with van der Waals surface area (Å²) in [6, 6.07) is 0. The first kappa shape index (κ1) is 13.0. The molecule has 0 aromatic rings.